The third kappa shape index (κ3) is 5.12. The first kappa shape index (κ1) is 28.2. The Hall–Kier alpha value is -3.31. The molecule has 14 heteroatoms. The molecule has 40 heavy (non-hydrogen) atoms. The van der Waals surface area contributed by atoms with Crippen molar-refractivity contribution in [2.75, 3.05) is 19.8 Å². The van der Waals surface area contributed by atoms with E-state index in [-0.39, 0.29) is 28.2 Å². The lowest BCUT2D eigenvalue weighted by Crippen LogP contribution is -2.62. The van der Waals surface area contributed by atoms with Gasteiger partial charge < -0.3 is 64.2 Å². The summed E-state index contributed by atoms with van der Waals surface area (Å²) in [4.78, 5) is 12.8. The number of phenolic OH excluding ortho intramolecular Hbond substituents is 2. The first-order valence-corrected chi connectivity index (χ1v) is 12.2. The van der Waals surface area contributed by atoms with Gasteiger partial charge in [0.1, 0.15) is 64.0 Å². The summed E-state index contributed by atoms with van der Waals surface area (Å²) in [6, 6.07) is 9.37. The number of aromatic hydroxyl groups is 2. The van der Waals surface area contributed by atoms with Crippen molar-refractivity contribution in [2.24, 2.45) is 0 Å². The minimum Gasteiger partial charge on any atom is -0.508 e. The molecule has 2 aromatic carbocycles. The predicted octanol–water partition coefficient (Wildman–Crippen LogP) is -1.49. The van der Waals surface area contributed by atoms with Crippen molar-refractivity contribution in [3.05, 3.63) is 52.7 Å². The second-order valence-electron chi connectivity index (χ2n) is 9.65. The van der Waals surface area contributed by atoms with E-state index in [0.717, 1.165) is 6.07 Å². The molecule has 216 valence electrons. The molecule has 0 amide bonds. The highest BCUT2D eigenvalue weighted by atomic mass is 16.8. The van der Waals surface area contributed by atoms with Gasteiger partial charge in [-0.3, -0.25) is 4.79 Å². The largest absolute Gasteiger partial charge is 0.508 e. The molecule has 14 nitrogen and oxygen atoms in total. The Morgan fingerprint density at radius 3 is 2.35 bits per heavy atom. The number of ether oxygens (including phenoxy) is 4. The van der Waals surface area contributed by atoms with Gasteiger partial charge in [-0.1, -0.05) is 0 Å². The normalized spacial score (nSPS) is 32.4. The van der Waals surface area contributed by atoms with Gasteiger partial charge in [-0.25, -0.2) is 0 Å². The molecule has 3 aromatic rings. The fourth-order valence-corrected chi connectivity index (χ4v) is 4.57. The van der Waals surface area contributed by atoms with Crippen LogP contribution in [0.5, 0.6) is 17.2 Å². The maximum Gasteiger partial charge on any atom is 0.229 e. The lowest BCUT2D eigenvalue weighted by molar-refractivity contribution is -0.318. The SMILES string of the molecule is O=c1cc(-c2ccc(O)cc2)oc2cc(O[C@H]3O[C@@H](CO)[C@H](O)[C@@H](O)[C@@H]3O[C@@H]3OC[C@@](O)(CO)[C@H]3O)cc(O)c12. The van der Waals surface area contributed by atoms with Crippen LogP contribution in [0.25, 0.3) is 22.3 Å². The van der Waals surface area contributed by atoms with Crippen molar-refractivity contribution in [1.29, 1.82) is 0 Å². The molecule has 1 aromatic heterocycles. The van der Waals surface area contributed by atoms with E-state index in [4.69, 9.17) is 23.4 Å². The fourth-order valence-electron chi connectivity index (χ4n) is 4.57. The van der Waals surface area contributed by atoms with Gasteiger partial charge in [-0.05, 0) is 24.3 Å². The molecule has 3 heterocycles. The number of phenols is 2. The number of rotatable bonds is 7. The summed E-state index contributed by atoms with van der Waals surface area (Å²) in [5, 5.41) is 80.7. The van der Waals surface area contributed by atoms with Gasteiger partial charge in [0.2, 0.25) is 6.29 Å². The molecule has 0 radical (unpaired) electrons. The summed E-state index contributed by atoms with van der Waals surface area (Å²) < 4.78 is 28.0. The molecule has 0 spiro atoms. The van der Waals surface area contributed by atoms with Crippen LogP contribution in [0.15, 0.2) is 51.7 Å². The number of aliphatic hydroxyl groups is 6. The van der Waals surface area contributed by atoms with Gasteiger partial charge in [0, 0.05) is 23.8 Å². The average Bonchev–Trinajstić information content (AvgIpc) is 3.21. The molecule has 2 saturated heterocycles. The summed E-state index contributed by atoms with van der Waals surface area (Å²) in [6.45, 7) is -2.06. The Bertz CT molecular complexity index is 1410. The zero-order valence-electron chi connectivity index (χ0n) is 20.7. The molecule has 8 N–H and O–H groups in total. The molecule has 0 bridgehead atoms. The predicted molar refractivity (Wildman–Crippen MR) is 132 cm³/mol. The van der Waals surface area contributed by atoms with E-state index in [2.05, 4.69) is 0 Å². The van der Waals surface area contributed by atoms with E-state index < -0.39 is 79.7 Å². The van der Waals surface area contributed by atoms with Crippen LogP contribution in [0.2, 0.25) is 0 Å². The summed E-state index contributed by atoms with van der Waals surface area (Å²) in [5.74, 6) is -0.496. The monoisotopic (exact) mass is 564 g/mol. The van der Waals surface area contributed by atoms with Crippen molar-refractivity contribution in [1.82, 2.24) is 0 Å². The minimum absolute atomic E-state index is 0.00882. The Morgan fingerprint density at radius 2 is 1.70 bits per heavy atom. The Kier molecular flexibility index (Phi) is 7.71. The van der Waals surface area contributed by atoms with Crippen LogP contribution in [0.1, 0.15) is 0 Å². The first-order valence-electron chi connectivity index (χ1n) is 12.2. The van der Waals surface area contributed by atoms with Crippen LogP contribution in [0.4, 0.5) is 0 Å². The van der Waals surface area contributed by atoms with Gasteiger partial charge in [-0.15, -0.1) is 0 Å². The van der Waals surface area contributed by atoms with Crippen molar-refractivity contribution in [2.45, 2.75) is 48.7 Å². The molecule has 8 atom stereocenters. The highest BCUT2D eigenvalue weighted by molar-refractivity contribution is 5.86. The standard InChI is InChI=1S/C26H28O14/c27-8-18-20(32)21(33)22(40-25-23(34)26(35,9-28)10-36-25)24(39-18)37-13-5-14(30)19-15(31)7-16(38-17(19)6-13)11-1-3-12(29)4-2-11/h1-7,18,20-25,27-30,32-35H,8-10H2/t18-,20-,21+,22-,23-,24-,25-,26-/m0/s1. The topological polar surface area (TPSA) is 229 Å². The van der Waals surface area contributed by atoms with Crippen molar-refractivity contribution >= 4 is 11.0 Å². The molecule has 2 fully saturated rings. The van der Waals surface area contributed by atoms with Crippen LogP contribution < -0.4 is 10.2 Å². The lowest BCUT2D eigenvalue weighted by atomic mass is 9.98. The Balaban J connectivity index is 1.47. The summed E-state index contributed by atoms with van der Waals surface area (Å²) in [5.41, 5.74) is -2.22. The quantitative estimate of drug-likeness (QED) is 0.164. The highest BCUT2D eigenvalue weighted by Gasteiger charge is 2.53. The highest BCUT2D eigenvalue weighted by Crippen LogP contribution is 2.35. The molecule has 2 aliphatic rings. The van der Waals surface area contributed by atoms with Crippen molar-refractivity contribution in [3.8, 4) is 28.6 Å². The lowest BCUT2D eigenvalue weighted by Gasteiger charge is -2.42. The average molecular weight is 564 g/mol. The van der Waals surface area contributed by atoms with Crippen LogP contribution in [0.3, 0.4) is 0 Å². The summed E-state index contributed by atoms with van der Waals surface area (Å²) in [7, 11) is 0. The van der Waals surface area contributed by atoms with Gasteiger partial charge in [0.15, 0.2) is 17.8 Å². The fraction of sp³-hybridized carbons (Fsp3) is 0.423. The van der Waals surface area contributed by atoms with E-state index in [1.807, 2.05) is 0 Å². The second kappa shape index (κ2) is 10.9. The molecule has 0 unspecified atom stereocenters. The number of fused-ring (bicyclic) bond motifs is 1. The zero-order chi connectivity index (χ0) is 28.8. The Morgan fingerprint density at radius 1 is 0.975 bits per heavy atom. The van der Waals surface area contributed by atoms with Gasteiger partial charge >= 0.3 is 0 Å². The molecule has 2 aliphatic heterocycles. The molecular weight excluding hydrogens is 536 g/mol. The van der Waals surface area contributed by atoms with Gasteiger partial charge in [0.25, 0.3) is 0 Å². The van der Waals surface area contributed by atoms with Crippen molar-refractivity contribution < 1.29 is 64.2 Å². The third-order valence-electron chi connectivity index (χ3n) is 6.88. The van der Waals surface area contributed by atoms with Crippen LogP contribution >= 0.6 is 0 Å². The third-order valence-corrected chi connectivity index (χ3v) is 6.88. The zero-order valence-corrected chi connectivity index (χ0v) is 20.7. The first-order chi connectivity index (χ1) is 19.0. The maximum atomic E-state index is 12.8. The van der Waals surface area contributed by atoms with E-state index >= 15 is 0 Å². The van der Waals surface area contributed by atoms with Gasteiger partial charge in [-0.2, -0.15) is 0 Å². The number of benzene rings is 2. The smallest absolute Gasteiger partial charge is 0.229 e. The van der Waals surface area contributed by atoms with Crippen LogP contribution in [-0.4, -0.2) is 109 Å². The number of aliphatic hydroxyl groups excluding tert-OH is 5. The maximum absolute atomic E-state index is 12.8. The molecule has 0 aliphatic carbocycles. The summed E-state index contributed by atoms with van der Waals surface area (Å²) in [6.07, 6.45) is -11.2. The van der Waals surface area contributed by atoms with E-state index in [1.54, 1.807) is 0 Å². The minimum atomic E-state index is -2.04. The van der Waals surface area contributed by atoms with E-state index in [0.29, 0.717) is 5.56 Å². The van der Waals surface area contributed by atoms with Crippen LogP contribution in [-0.2, 0) is 14.2 Å². The number of hydrogen-bond donors (Lipinski definition) is 8. The van der Waals surface area contributed by atoms with Gasteiger partial charge in [0.05, 0.1) is 19.8 Å². The van der Waals surface area contributed by atoms with E-state index in [1.165, 1.54) is 36.4 Å². The number of hydrogen-bond acceptors (Lipinski definition) is 14. The Labute approximate surface area is 225 Å². The van der Waals surface area contributed by atoms with Crippen molar-refractivity contribution in [3.63, 3.8) is 0 Å². The summed E-state index contributed by atoms with van der Waals surface area (Å²) >= 11 is 0. The van der Waals surface area contributed by atoms with E-state index in [9.17, 15) is 45.6 Å². The second-order valence-corrected chi connectivity index (χ2v) is 9.65. The molecular formula is C26H28O14. The molecule has 5 rings (SSSR count). The molecule has 0 saturated carbocycles. The van der Waals surface area contributed by atoms with Crippen LogP contribution in [0, 0.1) is 0 Å².